The number of rotatable bonds is 5. The van der Waals surface area contributed by atoms with Gasteiger partial charge in [0.1, 0.15) is 0 Å². The molecule has 1 aliphatic carbocycles. The van der Waals surface area contributed by atoms with Gasteiger partial charge in [0.25, 0.3) is 0 Å². The molecule has 2 rings (SSSR count). The summed E-state index contributed by atoms with van der Waals surface area (Å²) >= 11 is 6.20. The maximum Gasteiger partial charge on any atom is 0.338 e. The molecule has 0 amide bonds. The van der Waals surface area contributed by atoms with Crippen LogP contribution in [0.5, 0.6) is 0 Å². The largest absolute Gasteiger partial charge is 0.462 e. The molecule has 3 nitrogen and oxygen atoms in total. The molecule has 0 spiro atoms. The summed E-state index contributed by atoms with van der Waals surface area (Å²) in [4.78, 5) is 14.4. The molecule has 110 valence electrons. The highest BCUT2D eigenvalue weighted by atomic mass is 35.5. The third-order valence-electron chi connectivity index (χ3n) is 4.01. The molecular formula is C16H22ClNO2. The van der Waals surface area contributed by atoms with Crippen LogP contribution < -0.4 is 4.90 Å². The van der Waals surface area contributed by atoms with Crippen molar-refractivity contribution >= 4 is 23.3 Å². The van der Waals surface area contributed by atoms with Crippen LogP contribution in [-0.4, -0.2) is 25.2 Å². The maximum absolute atomic E-state index is 12.0. The van der Waals surface area contributed by atoms with Gasteiger partial charge in [0, 0.05) is 23.3 Å². The summed E-state index contributed by atoms with van der Waals surface area (Å²) in [5.41, 5.74) is 2.60. The zero-order valence-corrected chi connectivity index (χ0v) is 13.2. The summed E-state index contributed by atoms with van der Waals surface area (Å²) in [5.74, 6) is -0.293. The Bertz CT molecular complexity index is 497. The molecular weight excluding hydrogens is 274 g/mol. The van der Waals surface area contributed by atoms with Crippen LogP contribution in [0.1, 0.15) is 49.0 Å². The highest BCUT2D eigenvalue weighted by Crippen LogP contribution is 2.34. The second kappa shape index (κ2) is 6.49. The van der Waals surface area contributed by atoms with E-state index in [-0.39, 0.29) is 5.97 Å². The van der Waals surface area contributed by atoms with Crippen LogP contribution in [0.15, 0.2) is 12.1 Å². The molecule has 0 heterocycles. The summed E-state index contributed by atoms with van der Waals surface area (Å²) in [7, 11) is 0. The van der Waals surface area contributed by atoms with E-state index in [9.17, 15) is 4.79 Å². The molecule has 4 heteroatoms. The first kappa shape index (κ1) is 15.2. The van der Waals surface area contributed by atoms with Crippen LogP contribution in [0.2, 0.25) is 5.02 Å². The standard InChI is InChI=1S/C16H22ClNO2/c1-4-18(13-7-6-8-13)15-10-12(17)9-14(11(15)3)16(19)20-5-2/h9-10,13H,4-8H2,1-3H3. The van der Waals surface area contributed by atoms with E-state index < -0.39 is 0 Å². The van der Waals surface area contributed by atoms with E-state index in [1.54, 1.807) is 6.07 Å². The first-order valence-electron chi connectivity index (χ1n) is 7.32. The van der Waals surface area contributed by atoms with Crippen molar-refractivity contribution in [1.82, 2.24) is 0 Å². The van der Waals surface area contributed by atoms with Crippen molar-refractivity contribution in [2.75, 3.05) is 18.1 Å². The zero-order chi connectivity index (χ0) is 14.7. The van der Waals surface area contributed by atoms with Gasteiger partial charge in [-0.2, -0.15) is 0 Å². The SMILES string of the molecule is CCOC(=O)c1cc(Cl)cc(N(CC)C2CCC2)c1C. The van der Waals surface area contributed by atoms with E-state index in [1.165, 1.54) is 19.3 Å². The zero-order valence-electron chi connectivity index (χ0n) is 12.4. The molecule has 0 aromatic heterocycles. The number of esters is 1. The van der Waals surface area contributed by atoms with Crippen LogP contribution >= 0.6 is 11.6 Å². The molecule has 1 saturated carbocycles. The fourth-order valence-electron chi connectivity index (χ4n) is 2.71. The Kier molecular flexibility index (Phi) is 4.92. The van der Waals surface area contributed by atoms with Crippen LogP contribution in [-0.2, 0) is 4.74 Å². The Morgan fingerprint density at radius 3 is 2.60 bits per heavy atom. The topological polar surface area (TPSA) is 29.5 Å². The number of nitrogens with zero attached hydrogens (tertiary/aromatic N) is 1. The normalized spacial score (nSPS) is 14.8. The second-order valence-electron chi connectivity index (χ2n) is 5.19. The van der Waals surface area contributed by atoms with Crippen molar-refractivity contribution in [1.29, 1.82) is 0 Å². The molecule has 0 N–H and O–H groups in total. The van der Waals surface area contributed by atoms with Gasteiger partial charge in [0.2, 0.25) is 0 Å². The Morgan fingerprint density at radius 1 is 1.40 bits per heavy atom. The first-order chi connectivity index (χ1) is 9.58. The summed E-state index contributed by atoms with van der Waals surface area (Å²) in [5, 5.41) is 0.589. The van der Waals surface area contributed by atoms with Crippen LogP contribution in [0, 0.1) is 6.92 Å². The minimum Gasteiger partial charge on any atom is -0.462 e. The average Bonchev–Trinajstić information content (AvgIpc) is 2.36. The van der Waals surface area contributed by atoms with Gasteiger partial charge < -0.3 is 9.64 Å². The van der Waals surface area contributed by atoms with Crippen molar-refractivity contribution in [2.24, 2.45) is 0 Å². The Labute approximate surface area is 125 Å². The number of ether oxygens (including phenoxy) is 1. The fourth-order valence-corrected chi connectivity index (χ4v) is 2.92. The average molecular weight is 296 g/mol. The molecule has 1 aromatic rings. The lowest BCUT2D eigenvalue weighted by Crippen LogP contribution is -2.40. The second-order valence-corrected chi connectivity index (χ2v) is 5.63. The molecule has 1 aromatic carbocycles. The van der Waals surface area contributed by atoms with E-state index in [0.717, 1.165) is 17.8 Å². The molecule has 0 unspecified atom stereocenters. The van der Waals surface area contributed by atoms with Crippen LogP contribution in [0.25, 0.3) is 0 Å². The van der Waals surface area contributed by atoms with Gasteiger partial charge in [-0.1, -0.05) is 11.6 Å². The molecule has 20 heavy (non-hydrogen) atoms. The molecule has 1 aliphatic rings. The number of hydrogen-bond acceptors (Lipinski definition) is 3. The molecule has 1 fully saturated rings. The van der Waals surface area contributed by atoms with Gasteiger partial charge in [-0.25, -0.2) is 4.79 Å². The Balaban J connectivity index is 2.39. The lowest BCUT2D eigenvalue weighted by atomic mass is 9.90. The lowest BCUT2D eigenvalue weighted by Gasteiger charge is -2.39. The lowest BCUT2D eigenvalue weighted by molar-refractivity contribution is 0.0525. The number of halogens is 1. The van der Waals surface area contributed by atoms with Gasteiger partial charge >= 0.3 is 5.97 Å². The van der Waals surface area contributed by atoms with E-state index in [4.69, 9.17) is 16.3 Å². The first-order valence-corrected chi connectivity index (χ1v) is 7.70. The third kappa shape index (κ3) is 2.93. The smallest absolute Gasteiger partial charge is 0.338 e. The molecule has 0 atom stereocenters. The fraction of sp³-hybridized carbons (Fsp3) is 0.562. The predicted octanol–water partition coefficient (Wildman–Crippen LogP) is 4.20. The summed E-state index contributed by atoms with van der Waals surface area (Å²) in [6, 6.07) is 4.24. The van der Waals surface area contributed by atoms with Gasteiger partial charge in [0.15, 0.2) is 0 Å². The quantitative estimate of drug-likeness (QED) is 0.762. The number of benzene rings is 1. The molecule has 0 bridgehead atoms. The van der Waals surface area contributed by atoms with Gasteiger partial charge in [-0.15, -0.1) is 0 Å². The van der Waals surface area contributed by atoms with Crippen molar-refractivity contribution in [2.45, 2.75) is 46.1 Å². The number of anilines is 1. The van der Waals surface area contributed by atoms with E-state index >= 15 is 0 Å². The highest BCUT2D eigenvalue weighted by molar-refractivity contribution is 6.31. The third-order valence-corrected chi connectivity index (χ3v) is 4.22. The van der Waals surface area contributed by atoms with Gasteiger partial charge in [-0.3, -0.25) is 0 Å². The number of carbonyl (C=O) groups excluding carboxylic acids is 1. The molecule has 0 radical (unpaired) electrons. The molecule has 0 saturated heterocycles. The van der Waals surface area contributed by atoms with Crippen molar-refractivity contribution < 1.29 is 9.53 Å². The summed E-state index contributed by atoms with van der Waals surface area (Å²) < 4.78 is 5.12. The van der Waals surface area contributed by atoms with Crippen molar-refractivity contribution in [3.8, 4) is 0 Å². The maximum atomic E-state index is 12.0. The number of hydrogen-bond donors (Lipinski definition) is 0. The van der Waals surface area contributed by atoms with E-state index in [1.807, 2.05) is 19.9 Å². The summed E-state index contributed by atoms with van der Waals surface area (Å²) in [6.07, 6.45) is 3.72. The minimum absolute atomic E-state index is 0.293. The predicted molar refractivity (Wildman–Crippen MR) is 82.8 cm³/mol. The number of carbonyl (C=O) groups is 1. The van der Waals surface area contributed by atoms with Crippen molar-refractivity contribution in [3.63, 3.8) is 0 Å². The van der Waals surface area contributed by atoms with E-state index in [0.29, 0.717) is 23.2 Å². The van der Waals surface area contributed by atoms with Gasteiger partial charge in [0.05, 0.1) is 12.2 Å². The van der Waals surface area contributed by atoms with Crippen molar-refractivity contribution in [3.05, 3.63) is 28.3 Å². The Morgan fingerprint density at radius 2 is 2.10 bits per heavy atom. The minimum atomic E-state index is -0.293. The molecule has 0 aliphatic heterocycles. The monoisotopic (exact) mass is 295 g/mol. The summed E-state index contributed by atoms with van der Waals surface area (Å²) in [6.45, 7) is 7.22. The highest BCUT2D eigenvalue weighted by Gasteiger charge is 2.26. The van der Waals surface area contributed by atoms with E-state index in [2.05, 4.69) is 11.8 Å². The van der Waals surface area contributed by atoms with Crippen LogP contribution in [0.3, 0.4) is 0 Å². The van der Waals surface area contributed by atoms with Gasteiger partial charge in [-0.05, 0) is 57.7 Å². The van der Waals surface area contributed by atoms with Crippen LogP contribution in [0.4, 0.5) is 5.69 Å². The Hall–Kier alpha value is -1.22.